The zero-order valence-electron chi connectivity index (χ0n) is 17.3. The molecule has 152 valence electrons. The molecule has 0 radical (unpaired) electrons. The van der Waals surface area contributed by atoms with Crippen molar-refractivity contribution in [2.24, 2.45) is 0 Å². The number of hydrogen-bond acceptors (Lipinski definition) is 6. The van der Waals surface area contributed by atoms with Crippen molar-refractivity contribution < 1.29 is 9.32 Å². The summed E-state index contributed by atoms with van der Waals surface area (Å²) in [5.41, 5.74) is 4.39. The van der Waals surface area contributed by atoms with Gasteiger partial charge in [0.25, 0.3) is 5.91 Å². The maximum atomic E-state index is 13.1. The molecule has 0 aromatic carbocycles. The summed E-state index contributed by atoms with van der Waals surface area (Å²) in [4.78, 5) is 21.4. The fraction of sp³-hybridized carbons (Fsp3) is 0.619. The first-order valence-electron chi connectivity index (χ1n) is 10.2. The number of rotatable bonds is 4. The second kappa shape index (κ2) is 7.97. The molecule has 4 heterocycles. The highest BCUT2D eigenvalue weighted by Crippen LogP contribution is 2.31. The molecule has 2 aromatic rings. The summed E-state index contributed by atoms with van der Waals surface area (Å²) in [5.74, 6) is 1.13. The van der Waals surface area contributed by atoms with E-state index in [0.717, 1.165) is 69.3 Å². The van der Waals surface area contributed by atoms with Gasteiger partial charge in [0.15, 0.2) is 0 Å². The average Bonchev–Trinajstić information content (AvgIpc) is 3.25. The van der Waals surface area contributed by atoms with Crippen LogP contribution in [0.4, 0.5) is 0 Å². The molecule has 6 nitrogen and oxygen atoms in total. The van der Waals surface area contributed by atoms with E-state index < -0.39 is 0 Å². The minimum absolute atomic E-state index is 0.222. The molecule has 0 unspecified atom stereocenters. The van der Waals surface area contributed by atoms with E-state index in [4.69, 9.17) is 4.52 Å². The van der Waals surface area contributed by atoms with Crippen LogP contribution in [0.25, 0.3) is 0 Å². The zero-order valence-corrected chi connectivity index (χ0v) is 18.1. The Morgan fingerprint density at radius 3 is 2.61 bits per heavy atom. The molecule has 1 fully saturated rings. The van der Waals surface area contributed by atoms with E-state index in [9.17, 15) is 4.79 Å². The SMILES string of the molecule is Cc1noc(C)c1CN1CCc2c(C(=O)N3CCN(C(C)C)CC3)csc2C1. The molecule has 0 spiro atoms. The van der Waals surface area contributed by atoms with Gasteiger partial charge in [-0.25, -0.2) is 0 Å². The van der Waals surface area contributed by atoms with Crippen LogP contribution in [0.2, 0.25) is 0 Å². The molecule has 1 amide bonds. The number of amides is 1. The van der Waals surface area contributed by atoms with Gasteiger partial charge in [0, 0.05) is 67.7 Å². The third-order valence-electron chi connectivity index (χ3n) is 6.15. The molecule has 4 rings (SSSR count). The number of hydrogen-bond donors (Lipinski definition) is 0. The first kappa shape index (κ1) is 19.6. The topological polar surface area (TPSA) is 52.8 Å². The van der Waals surface area contributed by atoms with Crippen molar-refractivity contribution in [3.8, 4) is 0 Å². The fourth-order valence-corrected chi connectivity index (χ4v) is 5.37. The Hall–Kier alpha value is -1.70. The second-order valence-electron chi connectivity index (χ2n) is 8.24. The van der Waals surface area contributed by atoms with Crippen molar-refractivity contribution in [1.29, 1.82) is 0 Å². The average molecular weight is 403 g/mol. The molecule has 0 saturated carbocycles. The molecule has 2 aliphatic rings. The van der Waals surface area contributed by atoms with Crippen LogP contribution < -0.4 is 0 Å². The number of fused-ring (bicyclic) bond motifs is 1. The van der Waals surface area contributed by atoms with Crippen LogP contribution in [-0.2, 0) is 19.5 Å². The Balaban J connectivity index is 1.42. The number of carbonyl (C=O) groups is 1. The second-order valence-corrected chi connectivity index (χ2v) is 9.20. The molecule has 7 heteroatoms. The molecular formula is C21H30N4O2S. The van der Waals surface area contributed by atoms with Crippen LogP contribution >= 0.6 is 11.3 Å². The summed E-state index contributed by atoms with van der Waals surface area (Å²) in [7, 11) is 0. The minimum atomic E-state index is 0.222. The number of piperazine rings is 1. The maximum absolute atomic E-state index is 13.1. The van der Waals surface area contributed by atoms with Gasteiger partial charge in [-0.1, -0.05) is 5.16 Å². The number of carbonyl (C=O) groups excluding carboxylic acids is 1. The minimum Gasteiger partial charge on any atom is -0.361 e. The van der Waals surface area contributed by atoms with Crippen molar-refractivity contribution in [2.45, 2.75) is 53.2 Å². The predicted molar refractivity (Wildman–Crippen MR) is 111 cm³/mol. The standard InChI is InChI=1S/C21H30N4O2S/c1-14(2)24-7-9-25(10-8-24)21(26)19-13-28-20-12-23(6-5-17(19)20)11-18-15(3)22-27-16(18)4/h13-14H,5-12H2,1-4H3. The summed E-state index contributed by atoms with van der Waals surface area (Å²) in [5, 5.41) is 6.15. The van der Waals surface area contributed by atoms with Gasteiger partial charge in [-0.3, -0.25) is 14.6 Å². The Morgan fingerprint density at radius 1 is 1.21 bits per heavy atom. The van der Waals surface area contributed by atoms with Crippen molar-refractivity contribution in [3.05, 3.63) is 38.4 Å². The smallest absolute Gasteiger partial charge is 0.255 e. The van der Waals surface area contributed by atoms with Gasteiger partial charge >= 0.3 is 0 Å². The van der Waals surface area contributed by atoms with E-state index in [-0.39, 0.29) is 5.91 Å². The lowest BCUT2D eigenvalue weighted by molar-refractivity contribution is 0.0594. The highest BCUT2D eigenvalue weighted by molar-refractivity contribution is 7.10. The third-order valence-corrected chi connectivity index (χ3v) is 7.16. The van der Waals surface area contributed by atoms with Crippen LogP contribution in [0, 0.1) is 13.8 Å². The van der Waals surface area contributed by atoms with Crippen molar-refractivity contribution >= 4 is 17.2 Å². The highest BCUT2D eigenvalue weighted by atomic mass is 32.1. The highest BCUT2D eigenvalue weighted by Gasteiger charge is 2.29. The van der Waals surface area contributed by atoms with Crippen molar-refractivity contribution in [3.63, 3.8) is 0 Å². The van der Waals surface area contributed by atoms with Crippen LogP contribution in [0.5, 0.6) is 0 Å². The number of nitrogens with zero attached hydrogens (tertiary/aromatic N) is 4. The lowest BCUT2D eigenvalue weighted by Gasteiger charge is -2.37. The molecule has 0 atom stereocenters. The van der Waals surface area contributed by atoms with Gasteiger partial charge in [0.2, 0.25) is 0 Å². The normalized spacial score (nSPS) is 18.7. The molecule has 1 saturated heterocycles. The van der Waals surface area contributed by atoms with Gasteiger partial charge in [0.1, 0.15) is 5.76 Å². The van der Waals surface area contributed by atoms with Gasteiger partial charge in [-0.15, -0.1) is 11.3 Å². The quantitative estimate of drug-likeness (QED) is 0.787. The molecule has 28 heavy (non-hydrogen) atoms. The molecule has 2 aromatic heterocycles. The Labute approximate surface area is 171 Å². The first-order valence-corrected chi connectivity index (χ1v) is 11.1. The van der Waals surface area contributed by atoms with Crippen LogP contribution in [0.1, 0.15) is 51.7 Å². The van der Waals surface area contributed by atoms with E-state index >= 15 is 0 Å². The summed E-state index contributed by atoms with van der Waals surface area (Å²) < 4.78 is 5.30. The number of thiophene rings is 1. The predicted octanol–water partition coefficient (Wildman–Crippen LogP) is 3.08. The van der Waals surface area contributed by atoms with E-state index in [1.165, 1.54) is 16.0 Å². The fourth-order valence-electron chi connectivity index (χ4n) is 4.26. The van der Waals surface area contributed by atoms with Gasteiger partial charge in [0.05, 0.1) is 11.3 Å². The zero-order chi connectivity index (χ0) is 19.8. The lowest BCUT2D eigenvalue weighted by atomic mass is 10.0. The molecule has 0 N–H and O–H groups in total. The Bertz CT molecular complexity index is 829. The largest absolute Gasteiger partial charge is 0.361 e. The molecule has 2 aliphatic heterocycles. The van der Waals surface area contributed by atoms with Crippen molar-refractivity contribution in [2.75, 3.05) is 32.7 Å². The van der Waals surface area contributed by atoms with E-state index in [1.54, 1.807) is 11.3 Å². The lowest BCUT2D eigenvalue weighted by Crippen LogP contribution is -2.50. The van der Waals surface area contributed by atoms with E-state index in [1.807, 2.05) is 18.7 Å². The van der Waals surface area contributed by atoms with Crippen LogP contribution in [-0.4, -0.2) is 64.5 Å². The third kappa shape index (κ3) is 3.75. The maximum Gasteiger partial charge on any atom is 0.255 e. The molecule has 0 aliphatic carbocycles. The summed E-state index contributed by atoms with van der Waals surface area (Å²) in [6, 6.07) is 0.551. The van der Waals surface area contributed by atoms with Gasteiger partial charge in [-0.2, -0.15) is 0 Å². The first-order chi connectivity index (χ1) is 13.4. The number of aryl methyl sites for hydroxylation is 2. The number of aromatic nitrogens is 1. The van der Waals surface area contributed by atoms with Crippen LogP contribution in [0.3, 0.4) is 0 Å². The summed E-state index contributed by atoms with van der Waals surface area (Å²) >= 11 is 1.74. The van der Waals surface area contributed by atoms with Gasteiger partial charge in [-0.05, 0) is 39.7 Å². The van der Waals surface area contributed by atoms with Gasteiger partial charge < -0.3 is 9.42 Å². The summed E-state index contributed by atoms with van der Waals surface area (Å²) in [6.45, 7) is 14.8. The van der Waals surface area contributed by atoms with Crippen LogP contribution in [0.15, 0.2) is 9.90 Å². The van der Waals surface area contributed by atoms with Crippen molar-refractivity contribution in [1.82, 2.24) is 19.9 Å². The van der Waals surface area contributed by atoms with E-state index in [0.29, 0.717) is 6.04 Å². The Morgan fingerprint density at radius 2 is 1.96 bits per heavy atom. The molecule has 0 bridgehead atoms. The monoisotopic (exact) mass is 402 g/mol. The molecular weight excluding hydrogens is 372 g/mol. The summed E-state index contributed by atoms with van der Waals surface area (Å²) in [6.07, 6.45) is 0.940. The van der Waals surface area contributed by atoms with E-state index in [2.05, 4.69) is 34.2 Å². The Kier molecular flexibility index (Phi) is 5.58.